The minimum Gasteiger partial charge on any atom is -0.478 e. The molecule has 0 atom stereocenters. The fourth-order valence-electron chi connectivity index (χ4n) is 4.26. The summed E-state index contributed by atoms with van der Waals surface area (Å²) in [6.07, 6.45) is 11.0. The van der Waals surface area contributed by atoms with Gasteiger partial charge in [0.2, 0.25) is 0 Å². The van der Waals surface area contributed by atoms with E-state index in [1.54, 1.807) is 17.1 Å². The number of benzene rings is 1. The number of fused-ring (bicyclic) bond motifs is 1. The summed E-state index contributed by atoms with van der Waals surface area (Å²) >= 11 is 0. The van der Waals surface area contributed by atoms with E-state index >= 15 is 0 Å². The topological polar surface area (TPSA) is 106 Å². The lowest BCUT2D eigenvalue weighted by Crippen LogP contribution is -2.19. The number of aryl methyl sites for hydroxylation is 1. The molecule has 2 N–H and O–H groups in total. The Kier molecular flexibility index (Phi) is 5.13. The molecule has 4 aromatic rings. The van der Waals surface area contributed by atoms with Crippen molar-refractivity contribution < 1.29 is 9.90 Å². The fourth-order valence-corrected chi connectivity index (χ4v) is 4.26. The number of para-hydroxylation sites is 1. The highest BCUT2D eigenvalue weighted by atomic mass is 16.4. The van der Waals surface area contributed by atoms with Crippen LogP contribution in [-0.4, -0.2) is 35.4 Å². The average molecular weight is 431 g/mol. The monoisotopic (exact) mass is 431 g/mol. The molecular weight excluding hydrogens is 406 g/mol. The summed E-state index contributed by atoms with van der Waals surface area (Å²) in [5.74, 6) is 1.19. The highest BCUT2D eigenvalue weighted by Crippen LogP contribution is 2.43. The number of aromatic carboxylic acids is 1. The van der Waals surface area contributed by atoms with E-state index in [1.807, 2.05) is 41.9 Å². The predicted octanol–water partition coefficient (Wildman–Crippen LogP) is 3.98. The third-order valence-electron chi connectivity index (χ3n) is 6.37. The van der Waals surface area contributed by atoms with Crippen LogP contribution in [0.15, 0.2) is 53.8 Å². The van der Waals surface area contributed by atoms with Crippen molar-refractivity contribution in [1.29, 1.82) is 0 Å². The van der Waals surface area contributed by atoms with Gasteiger partial charge in [-0.25, -0.2) is 4.79 Å². The number of carboxylic acids is 1. The second kappa shape index (κ2) is 8.11. The van der Waals surface area contributed by atoms with Crippen molar-refractivity contribution in [2.24, 2.45) is 7.05 Å². The number of rotatable bonds is 4. The van der Waals surface area contributed by atoms with Crippen molar-refractivity contribution in [1.82, 2.24) is 24.3 Å². The number of carboxylic acid groups (broad SMARTS) is 1. The van der Waals surface area contributed by atoms with Crippen molar-refractivity contribution in [3.63, 3.8) is 0 Å². The zero-order chi connectivity index (χ0) is 22.2. The van der Waals surface area contributed by atoms with Gasteiger partial charge in [-0.05, 0) is 49.3 Å². The predicted molar refractivity (Wildman–Crippen MR) is 120 cm³/mol. The van der Waals surface area contributed by atoms with Crippen LogP contribution in [0.3, 0.4) is 0 Å². The lowest BCUT2D eigenvalue weighted by atomic mass is 9.85. The molecule has 2 saturated carbocycles. The van der Waals surface area contributed by atoms with Crippen LogP contribution in [0.5, 0.6) is 0 Å². The molecule has 3 heterocycles. The van der Waals surface area contributed by atoms with Crippen LogP contribution in [0.2, 0.25) is 0 Å². The van der Waals surface area contributed by atoms with E-state index in [1.165, 1.54) is 25.5 Å². The first-order valence-electron chi connectivity index (χ1n) is 10.9. The lowest BCUT2D eigenvalue weighted by molar-refractivity contribution is 0.0699. The Morgan fingerprint density at radius 3 is 2.44 bits per heavy atom. The summed E-state index contributed by atoms with van der Waals surface area (Å²) in [6, 6.07) is 9.38. The molecule has 6 rings (SSSR count). The summed E-state index contributed by atoms with van der Waals surface area (Å²) in [6.45, 7) is 0. The smallest absolute Gasteiger partial charge is 0.337 e. The molecule has 0 spiro atoms. The number of hydrogen-bond donors (Lipinski definition) is 2. The molecule has 0 saturated heterocycles. The Morgan fingerprint density at radius 2 is 1.88 bits per heavy atom. The van der Waals surface area contributed by atoms with Gasteiger partial charge in [0.05, 0.1) is 5.56 Å². The van der Waals surface area contributed by atoms with Gasteiger partial charge in [-0.2, -0.15) is 0 Å². The van der Waals surface area contributed by atoms with Gasteiger partial charge in [0.15, 0.2) is 0 Å². The number of nitrogens with one attached hydrogen (secondary N) is 1. The highest BCUT2D eigenvalue weighted by molar-refractivity contribution is 6.04. The van der Waals surface area contributed by atoms with Crippen LogP contribution in [0, 0.1) is 0 Å². The van der Waals surface area contributed by atoms with Crippen molar-refractivity contribution in [3.8, 4) is 5.69 Å². The standard InChI is InChI=1S/C17H14N2O3.C7H11N3/c20-16-15-14(12(8-18-15)17(21)22)13(10-6-7-10)9-19(16)11-4-2-1-3-5-11;1-10-5-8-9-7(10)6-3-2-4-6/h1-5,8-10,18H,6-7H2,(H,21,22);5-6H,2-4H2,1H3. The maximum atomic E-state index is 12.7. The number of carbonyl (C=O) groups is 1. The second-order valence-electron chi connectivity index (χ2n) is 8.55. The van der Waals surface area contributed by atoms with Crippen LogP contribution >= 0.6 is 0 Å². The zero-order valence-electron chi connectivity index (χ0n) is 17.9. The third-order valence-corrected chi connectivity index (χ3v) is 6.37. The van der Waals surface area contributed by atoms with Gasteiger partial charge in [-0.15, -0.1) is 10.2 Å². The summed E-state index contributed by atoms with van der Waals surface area (Å²) in [4.78, 5) is 27.0. The zero-order valence-corrected chi connectivity index (χ0v) is 17.9. The second-order valence-corrected chi connectivity index (χ2v) is 8.55. The third kappa shape index (κ3) is 3.62. The molecule has 1 aromatic carbocycles. The fraction of sp³-hybridized carbons (Fsp3) is 0.333. The lowest BCUT2D eigenvalue weighted by Gasteiger charge is -2.23. The van der Waals surface area contributed by atoms with Gasteiger partial charge in [-0.3, -0.25) is 9.36 Å². The first kappa shape index (κ1) is 20.2. The minimum absolute atomic E-state index is 0.175. The summed E-state index contributed by atoms with van der Waals surface area (Å²) in [5, 5.41) is 17.8. The summed E-state index contributed by atoms with van der Waals surface area (Å²) in [5.41, 5.74) is 2.04. The van der Waals surface area contributed by atoms with Crippen LogP contribution in [-0.2, 0) is 7.05 Å². The molecule has 164 valence electrons. The van der Waals surface area contributed by atoms with Gasteiger partial charge < -0.3 is 14.7 Å². The Morgan fingerprint density at radius 1 is 1.12 bits per heavy atom. The quantitative estimate of drug-likeness (QED) is 0.508. The highest BCUT2D eigenvalue weighted by Gasteiger charge is 2.30. The number of H-pyrrole nitrogens is 1. The first-order chi connectivity index (χ1) is 15.5. The largest absolute Gasteiger partial charge is 0.478 e. The maximum Gasteiger partial charge on any atom is 0.337 e. The Labute approximate surface area is 184 Å². The maximum absolute atomic E-state index is 12.7. The number of aromatic nitrogens is 5. The summed E-state index contributed by atoms with van der Waals surface area (Å²) < 4.78 is 3.61. The van der Waals surface area contributed by atoms with Crippen LogP contribution in [0.1, 0.15) is 65.7 Å². The first-order valence-corrected chi connectivity index (χ1v) is 10.9. The van der Waals surface area contributed by atoms with Crippen molar-refractivity contribution in [2.75, 3.05) is 0 Å². The molecule has 0 bridgehead atoms. The average Bonchev–Trinajstić information content (AvgIpc) is 3.36. The van der Waals surface area contributed by atoms with Gasteiger partial charge in [0.25, 0.3) is 5.56 Å². The van der Waals surface area contributed by atoms with E-state index < -0.39 is 5.97 Å². The van der Waals surface area contributed by atoms with Gasteiger partial charge in [-0.1, -0.05) is 24.6 Å². The molecule has 0 radical (unpaired) electrons. The van der Waals surface area contributed by atoms with Crippen LogP contribution in [0.25, 0.3) is 16.6 Å². The number of hydrogen-bond acceptors (Lipinski definition) is 4. The van der Waals surface area contributed by atoms with Gasteiger partial charge in [0.1, 0.15) is 17.7 Å². The van der Waals surface area contributed by atoms with Crippen molar-refractivity contribution >= 4 is 16.9 Å². The Balaban J connectivity index is 0.000000180. The van der Waals surface area contributed by atoms with Gasteiger partial charge in [0, 0.05) is 36.4 Å². The molecule has 0 aliphatic heterocycles. The SMILES string of the molecule is Cn1cnnc1C1CCC1.O=C(O)c1c[nH]c2c(=O)n(-c3ccccc3)cc(C3CC3)c12. The Bertz CT molecular complexity index is 1330. The van der Waals surface area contributed by atoms with Crippen molar-refractivity contribution in [2.45, 2.75) is 43.9 Å². The molecule has 2 fully saturated rings. The molecule has 2 aliphatic rings. The molecule has 32 heavy (non-hydrogen) atoms. The van der Waals surface area contributed by atoms with E-state index in [2.05, 4.69) is 15.2 Å². The number of nitrogens with zero attached hydrogens (tertiary/aromatic N) is 4. The van der Waals surface area contributed by atoms with Crippen LogP contribution in [0.4, 0.5) is 0 Å². The minimum atomic E-state index is -1.01. The number of aromatic amines is 1. The number of pyridine rings is 1. The molecule has 2 aliphatic carbocycles. The summed E-state index contributed by atoms with van der Waals surface area (Å²) in [7, 11) is 2.01. The Hall–Kier alpha value is -3.68. The van der Waals surface area contributed by atoms with E-state index in [4.69, 9.17) is 0 Å². The van der Waals surface area contributed by atoms with E-state index in [0.717, 1.165) is 29.9 Å². The molecule has 8 nitrogen and oxygen atoms in total. The molecular formula is C24H25N5O3. The normalized spacial score (nSPS) is 15.8. The van der Waals surface area contributed by atoms with Crippen molar-refractivity contribution in [3.05, 3.63) is 76.4 Å². The molecule has 0 amide bonds. The molecule has 3 aromatic heterocycles. The van der Waals surface area contributed by atoms with Gasteiger partial charge >= 0.3 is 5.97 Å². The van der Waals surface area contributed by atoms with Crippen LogP contribution < -0.4 is 5.56 Å². The van der Waals surface area contributed by atoms with E-state index in [0.29, 0.717) is 22.7 Å². The molecule has 8 heteroatoms. The molecule has 0 unspecified atom stereocenters. The van der Waals surface area contributed by atoms with E-state index in [9.17, 15) is 14.7 Å². The van der Waals surface area contributed by atoms with E-state index in [-0.39, 0.29) is 11.1 Å².